The number of methoxy groups -OCH3 is 4. The Bertz CT molecular complexity index is 2210. The predicted octanol–water partition coefficient (Wildman–Crippen LogP) is 6.51. The number of nitrogens with one attached hydrogen (secondary N) is 4. The number of hydrogen-bond donors (Lipinski definition) is 6. The van der Waals surface area contributed by atoms with E-state index < -0.39 is 0 Å². The number of aliphatic hydroxyl groups is 2. The molecule has 70 heavy (non-hydrogen) atoms. The van der Waals surface area contributed by atoms with E-state index in [4.69, 9.17) is 34.3 Å². The van der Waals surface area contributed by atoms with Gasteiger partial charge >= 0.3 is 0 Å². The van der Waals surface area contributed by atoms with Crippen LogP contribution in [0.4, 0.5) is 0 Å². The van der Waals surface area contributed by atoms with Crippen molar-refractivity contribution >= 4 is 23.6 Å². The maximum atomic E-state index is 13.3. The maximum absolute atomic E-state index is 13.3. The van der Waals surface area contributed by atoms with Gasteiger partial charge in [0, 0.05) is 51.1 Å². The minimum atomic E-state index is -0.357. The third-order valence-electron chi connectivity index (χ3n) is 11.4. The van der Waals surface area contributed by atoms with E-state index in [0.29, 0.717) is 66.5 Å². The highest BCUT2D eigenvalue weighted by molar-refractivity contribution is 5.95. The van der Waals surface area contributed by atoms with Crippen LogP contribution in [0.25, 0.3) is 22.5 Å². The first-order chi connectivity index (χ1) is 33.5. The molecule has 4 aromatic rings. The number of amides is 4. The van der Waals surface area contributed by atoms with Crippen molar-refractivity contribution in [2.45, 2.75) is 119 Å². The summed E-state index contributed by atoms with van der Waals surface area (Å²) in [5, 5.41) is 38.5. The first-order valence-corrected chi connectivity index (χ1v) is 24.4. The lowest BCUT2D eigenvalue weighted by atomic mass is 10.0. The highest BCUT2D eigenvalue weighted by atomic mass is 16.5. The SMILES string of the molecule is CCC(CC)Cn1nc(C(=O)N[C@H](CC(=O)NCCO)CC(C)C)cc1-c1c(OC)cccc1OC.COc1cccc(OC)c1-c1cc(C(=O)N[C@H](CC(=O)NCCO)CC(C)C)nn1CC(C)C. The molecule has 0 bridgehead atoms. The lowest BCUT2D eigenvalue weighted by Crippen LogP contribution is -2.40. The van der Waals surface area contributed by atoms with Crippen LogP contribution in [0.5, 0.6) is 23.0 Å². The average Bonchev–Trinajstić information content (AvgIpc) is 3.94. The van der Waals surface area contributed by atoms with Crippen LogP contribution in [-0.2, 0) is 22.7 Å². The number of benzene rings is 2. The lowest BCUT2D eigenvalue weighted by molar-refractivity contribution is -0.122. The number of ether oxygens (including phenoxy) is 4. The van der Waals surface area contributed by atoms with Crippen LogP contribution in [0.3, 0.4) is 0 Å². The second-order valence-corrected chi connectivity index (χ2v) is 18.5. The monoisotopic (exact) mass is 977 g/mol. The molecular formula is C52H80N8O10. The summed E-state index contributed by atoms with van der Waals surface area (Å²) < 4.78 is 26.1. The van der Waals surface area contributed by atoms with Crippen LogP contribution in [0, 0.1) is 23.7 Å². The Labute approximate surface area is 414 Å². The summed E-state index contributed by atoms with van der Waals surface area (Å²) in [4.78, 5) is 51.0. The molecular weight excluding hydrogens is 897 g/mol. The summed E-state index contributed by atoms with van der Waals surface area (Å²) in [5.41, 5.74) is 3.45. The van der Waals surface area contributed by atoms with Gasteiger partial charge in [0.1, 0.15) is 23.0 Å². The van der Waals surface area contributed by atoms with Crippen molar-refractivity contribution < 1.29 is 48.3 Å². The van der Waals surface area contributed by atoms with Crippen LogP contribution in [0.15, 0.2) is 48.5 Å². The second kappa shape index (κ2) is 29.8. The van der Waals surface area contributed by atoms with Gasteiger partial charge in [-0.2, -0.15) is 10.2 Å². The molecule has 0 aliphatic rings. The lowest BCUT2D eigenvalue weighted by Gasteiger charge is -2.20. The molecule has 0 saturated carbocycles. The fraction of sp³-hybridized carbons (Fsp3) is 0.577. The zero-order chi connectivity index (χ0) is 51.9. The van der Waals surface area contributed by atoms with Gasteiger partial charge in [-0.25, -0.2) is 0 Å². The third kappa shape index (κ3) is 17.7. The molecule has 388 valence electrons. The van der Waals surface area contributed by atoms with Crippen LogP contribution in [-0.4, -0.2) is 120 Å². The largest absolute Gasteiger partial charge is 0.496 e. The molecule has 2 atom stereocenters. The highest BCUT2D eigenvalue weighted by Crippen LogP contribution is 2.40. The topological polar surface area (TPSA) is 229 Å². The van der Waals surface area contributed by atoms with Gasteiger partial charge in [-0.1, -0.05) is 80.4 Å². The molecule has 2 heterocycles. The Hall–Kier alpha value is -6.14. The molecule has 2 aromatic carbocycles. The number of rotatable bonds is 28. The van der Waals surface area contributed by atoms with Gasteiger partial charge in [-0.3, -0.25) is 28.5 Å². The summed E-state index contributed by atoms with van der Waals surface area (Å²) in [6.07, 6.45) is 3.51. The molecule has 0 saturated heterocycles. The fourth-order valence-electron chi connectivity index (χ4n) is 8.11. The normalized spacial score (nSPS) is 12.0. The van der Waals surface area contributed by atoms with E-state index >= 15 is 0 Å². The van der Waals surface area contributed by atoms with Crippen molar-refractivity contribution in [1.82, 2.24) is 40.8 Å². The standard InChI is InChI=1S/C27H42N4O5.C25H38N4O5/c1-7-19(8-2)17-31-22(26-23(35-5)10-9-11-24(26)36-6)16-21(30-31)27(34)29-20(14-18(3)4)15-25(33)28-12-13-32;1-16(2)12-18(13-23(31)26-10-11-30)27-25(32)19-14-20(29(28-19)15-17(3)4)24-21(33-5)8-7-9-22(24)34-6/h9-11,16,18-20,32H,7-8,12-15,17H2,1-6H3,(H,28,33)(H,29,34);7-9,14,16-18,30H,10-13,15H2,1-6H3,(H,26,31)(H,27,32)/t20-;18-/m00/s1. The minimum Gasteiger partial charge on any atom is -0.496 e. The summed E-state index contributed by atoms with van der Waals surface area (Å²) in [7, 11) is 6.39. The Kier molecular flexibility index (Phi) is 24.8. The first-order valence-electron chi connectivity index (χ1n) is 24.4. The molecule has 0 radical (unpaired) electrons. The molecule has 0 fully saturated rings. The van der Waals surface area contributed by atoms with Crippen molar-refractivity contribution in [2.75, 3.05) is 54.7 Å². The summed E-state index contributed by atoms with van der Waals surface area (Å²) in [6, 6.07) is 13.9. The number of carbonyl (C=O) groups is 4. The molecule has 18 heteroatoms. The van der Waals surface area contributed by atoms with E-state index in [2.05, 4.69) is 54.1 Å². The Morgan fingerprint density at radius 2 is 0.929 bits per heavy atom. The zero-order valence-electron chi connectivity index (χ0n) is 43.5. The molecule has 4 rings (SSSR count). The van der Waals surface area contributed by atoms with E-state index in [1.807, 2.05) is 68.8 Å². The Morgan fingerprint density at radius 1 is 0.571 bits per heavy atom. The summed E-state index contributed by atoms with van der Waals surface area (Å²) >= 11 is 0. The van der Waals surface area contributed by atoms with Gasteiger partial charge in [0.05, 0.1) is 64.2 Å². The smallest absolute Gasteiger partial charge is 0.272 e. The number of nitrogens with zero attached hydrogens (tertiary/aromatic N) is 4. The van der Waals surface area contributed by atoms with Crippen molar-refractivity contribution in [2.24, 2.45) is 23.7 Å². The molecule has 4 amide bonds. The molecule has 6 N–H and O–H groups in total. The van der Waals surface area contributed by atoms with Crippen LogP contribution in [0.2, 0.25) is 0 Å². The summed E-state index contributed by atoms with van der Waals surface area (Å²) in [5.74, 6) is 2.62. The first kappa shape index (κ1) is 58.2. The number of hydrogen-bond acceptors (Lipinski definition) is 12. The minimum absolute atomic E-state index is 0.129. The van der Waals surface area contributed by atoms with Gasteiger partial charge in [-0.15, -0.1) is 0 Å². The number of carbonyl (C=O) groups excluding carboxylic acids is 4. The zero-order valence-corrected chi connectivity index (χ0v) is 43.5. The number of aromatic nitrogens is 4. The van der Waals surface area contributed by atoms with E-state index in [9.17, 15) is 19.2 Å². The second-order valence-electron chi connectivity index (χ2n) is 18.5. The molecule has 0 aliphatic carbocycles. The molecule has 0 unspecified atom stereocenters. The van der Waals surface area contributed by atoms with Crippen molar-refractivity contribution in [3.8, 4) is 45.5 Å². The molecule has 2 aromatic heterocycles. The number of aliphatic hydroxyl groups excluding tert-OH is 2. The fourth-order valence-corrected chi connectivity index (χ4v) is 8.11. The van der Waals surface area contributed by atoms with Gasteiger partial charge in [0.15, 0.2) is 11.4 Å². The van der Waals surface area contributed by atoms with Crippen molar-refractivity contribution in [1.29, 1.82) is 0 Å². The molecule has 0 spiro atoms. The van der Waals surface area contributed by atoms with Crippen LogP contribution < -0.4 is 40.2 Å². The van der Waals surface area contributed by atoms with E-state index in [0.717, 1.165) is 29.7 Å². The quantitative estimate of drug-likeness (QED) is 0.0358. The average molecular weight is 977 g/mol. The van der Waals surface area contributed by atoms with Gasteiger partial charge in [0.25, 0.3) is 11.8 Å². The molecule has 18 nitrogen and oxygen atoms in total. The highest BCUT2D eigenvalue weighted by Gasteiger charge is 2.27. The van der Waals surface area contributed by atoms with Crippen LogP contribution >= 0.6 is 0 Å². The van der Waals surface area contributed by atoms with Crippen molar-refractivity contribution in [3.63, 3.8) is 0 Å². The van der Waals surface area contributed by atoms with Gasteiger partial charge in [0.2, 0.25) is 11.8 Å². The third-order valence-corrected chi connectivity index (χ3v) is 11.4. The van der Waals surface area contributed by atoms with E-state index in [1.165, 1.54) is 0 Å². The van der Waals surface area contributed by atoms with E-state index in [-0.39, 0.29) is 98.1 Å². The maximum Gasteiger partial charge on any atom is 0.272 e. The van der Waals surface area contributed by atoms with Gasteiger partial charge in [-0.05, 0) is 72.9 Å². The molecule has 0 aliphatic heterocycles. The predicted molar refractivity (Wildman–Crippen MR) is 271 cm³/mol. The van der Waals surface area contributed by atoms with Gasteiger partial charge < -0.3 is 50.4 Å². The Balaban J connectivity index is 0.000000371. The van der Waals surface area contributed by atoms with Crippen LogP contribution in [0.1, 0.15) is 115 Å². The Morgan fingerprint density at radius 3 is 1.23 bits per heavy atom. The van der Waals surface area contributed by atoms with Crippen molar-refractivity contribution in [3.05, 3.63) is 59.9 Å². The summed E-state index contributed by atoms with van der Waals surface area (Å²) in [6.45, 7) is 18.0. The van der Waals surface area contributed by atoms with E-state index in [1.54, 1.807) is 45.3 Å².